The number of hydrogen-bond acceptors (Lipinski definition) is 5. The quantitative estimate of drug-likeness (QED) is 0.817. The minimum absolute atomic E-state index is 0.334. The molecule has 0 bridgehead atoms. The number of pyridine rings is 1. The predicted octanol–water partition coefficient (Wildman–Crippen LogP) is 1.40. The summed E-state index contributed by atoms with van der Waals surface area (Å²) in [5.41, 5.74) is 3.92. The highest BCUT2D eigenvalue weighted by Gasteiger charge is 2.25. The largest absolute Gasteiger partial charge is 0.383 e. The first kappa shape index (κ1) is 12.6. The lowest BCUT2D eigenvalue weighted by Gasteiger charge is -2.06. The van der Waals surface area contributed by atoms with E-state index in [1.54, 1.807) is 0 Å². The number of nitrogen functional groups attached to an aromatic ring is 1. The molecule has 0 radical (unpaired) electrons. The second-order valence-corrected chi connectivity index (χ2v) is 5.15. The van der Waals surface area contributed by atoms with Gasteiger partial charge in [0, 0.05) is 10.7 Å². The van der Waals surface area contributed by atoms with E-state index < -0.39 is 31.9 Å². The van der Waals surface area contributed by atoms with Gasteiger partial charge in [0.25, 0.3) is 15.5 Å². The van der Waals surface area contributed by atoms with Gasteiger partial charge in [-0.25, -0.2) is 22.2 Å². The second-order valence-electron chi connectivity index (χ2n) is 2.67. The van der Waals surface area contributed by atoms with Gasteiger partial charge in [0.2, 0.25) is 0 Å². The Balaban J connectivity index is 3.63. The van der Waals surface area contributed by atoms with Crippen molar-refractivity contribution < 1.29 is 17.2 Å². The van der Waals surface area contributed by atoms with Crippen LogP contribution in [-0.2, 0) is 9.05 Å². The van der Waals surface area contributed by atoms with Crippen molar-refractivity contribution in [2.45, 2.75) is 11.5 Å². The molecule has 5 nitrogen and oxygen atoms in total. The number of halogens is 3. The molecule has 0 aliphatic rings. The maximum atomic E-state index is 12.5. The molecule has 0 amide bonds. The topological polar surface area (TPSA) is 96.8 Å². The molecule has 0 fully saturated rings. The van der Waals surface area contributed by atoms with Crippen LogP contribution in [0, 0.1) is 11.3 Å². The molecule has 1 heterocycles. The van der Waals surface area contributed by atoms with Crippen molar-refractivity contribution in [2.24, 2.45) is 0 Å². The Morgan fingerprint density at radius 1 is 1.56 bits per heavy atom. The lowest BCUT2D eigenvalue weighted by molar-refractivity contribution is 0.147. The molecule has 0 aliphatic carbocycles. The molecule has 86 valence electrons. The third-order valence-corrected chi connectivity index (χ3v) is 2.86. The van der Waals surface area contributed by atoms with Gasteiger partial charge in [-0.3, -0.25) is 0 Å². The minimum Gasteiger partial charge on any atom is -0.383 e. The summed E-state index contributed by atoms with van der Waals surface area (Å²) in [5, 5.41) is 7.49. The normalized spacial score (nSPS) is 11.4. The van der Waals surface area contributed by atoms with E-state index in [4.69, 9.17) is 21.7 Å². The molecule has 1 aromatic heterocycles. The van der Waals surface area contributed by atoms with Crippen molar-refractivity contribution >= 4 is 25.6 Å². The van der Waals surface area contributed by atoms with Crippen LogP contribution >= 0.6 is 10.7 Å². The molecule has 0 aromatic carbocycles. The Morgan fingerprint density at radius 2 is 2.12 bits per heavy atom. The zero-order valence-corrected chi connectivity index (χ0v) is 9.06. The summed E-state index contributed by atoms with van der Waals surface area (Å²) in [6.45, 7) is 0. The molecule has 1 rings (SSSR count). The number of aromatic nitrogens is 1. The number of alkyl halides is 2. The highest BCUT2D eigenvalue weighted by Crippen LogP contribution is 2.29. The van der Waals surface area contributed by atoms with Crippen LogP contribution in [0.15, 0.2) is 11.1 Å². The Morgan fingerprint density at radius 3 is 2.50 bits per heavy atom. The monoisotopic (exact) mass is 267 g/mol. The van der Waals surface area contributed by atoms with Gasteiger partial charge in [0.05, 0.1) is 11.1 Å². The summed E-state index contributed by atoms with van der Waals surface area (Å²) in [6.07, 6.45) is -3.12. The summed E-state index contributed by atoms with van der Waals surface area (Å²) in [5.74, 6) is -0.467. The Bertz CT molecular complexity index is 568. The Labute approximate surface area is 93.9 Å². The first-order valence-corrected chi connectivity index (χ1v) is 6.01. The first-order chi connectivity index (χ1) is 7.27. The molecular weight excluding hydrogens is 264 g/mol. The molecule has 2 N–H and O–H groups in total. The van der Waals surface area contributed by atoms with Gasteiger partial charge in [0.15, 0.2) is 5.03 Å². The van der Waals surface area contributed by atoms with E-state index in [1.807, 2.05) is 0 Å². The van der Waals surface area contributed by atoms with Crippen LogP contribution in [0.4, 0.5) is 14.6 Å². The molecular formula is C7H4ClF2N3O2S. The standard InChI is InChI=1S/C7H4ClF2N3O2S/c8-16(14,15)7-4(5(9)10)1-3(2-11)6(12)13-7/h1,5H,(H2,12,13). The van der Waals surface area contributed by atoms with E-state index in [9.17, 15) is 17.2 Å². The Kier molecular flexibility index (Phi) is 3.30. The van der Waals surface area contributed by atoms with Gasteiger partial charge in [-0.1, -0.05) is 0 Å². The summed E-state index contributed by atoms with van der Waals surface area (Å²) < 4.78 is 46.9. The zero-order valence-electron chi connectivity index (χ0n) is 7.49. The number of nitriles is 1. The maximum Gasteiger partial charge on any atom is 0.279 e. The minimum atomic E-state index is -4.43. The van der Waals surface area contributed by atoms with Crippen LogP contribution < -0.4 is 5.73 Å². The van der Waals surface area contributed by atoms with E-state index >= 15 is 0 Å². The van der Waals surface area contributed by atoms with E-state index in [0.717, 1.165) is 0 Å². The molecule has 9 heteroatoms. The van der Waals surface area contributed by atoms with Crippen molar-refractivity contribution in [3.8, 4) is 6.07 Å². The van der Waals surface area contributed by atoms with Gasteiger partial charge >= 0.3 is 0 Å². The van der Waals surface area contributed by atoms with Crippen molar-refractivity contribution in [3.05, 3.63) is 17.2 Å². The predicted molar refractivity (Wildman–Crippen MR) is 51.4 cm³/mol. The fraction of sp³-hybridized carbons (Fsp3) is 0.143. The smallest absolute Gasteiger partial charge is 0.279 e. The van der Waals surface area contributed by atoms with E-state index in [-0.39, 0.29) is 5.56 Å². The summed E-state index contributed by atoms with van der Waals surface area (Å²) in [4.78, 5) is 3.19. The van der Waals surface area contributed by atoms with E-state index in [0.29, 0.717) is 6.07 Å². The fourth-order valence-corrected chi connectivity index (χ4v) is 1.97. The summed E-state index contributed by atoms with van der Waals surface area (Å²) in [7, 11) is 0.479. The van der Waals surface area contributed by atoms with Crippen LogP contribution in [0.2, 0.25) is 0 Å². The van der Waals surface area contributed by atoms with Crippen molar-refractivity contribution in [2.75, 3.05) is 5.73 Å². The number of nitrogens with zero attached hydrogens (tertiary/aromatic N) is 2. The average molecular weight is 268 g/mol. The average Bonchev–Trinajstić information content (AvgIpc) is 2.15. The van der Waals surface area contributed by atoms with Gasteiger partial charge in [-0.2, -0.15) is 5.26 Å². The molecule has 0 aliphatic heterocycles. The number of hydrogen-bond donors (Lipinski definition) is 1. The molecule has 16 heavy (non-hydrogen) atoms. The maximum absolute atomic E-state index is 12.5. The van der Waals surface area contributed by atoms with Crippen molar-refractivity contribution in [3.63, 3.8) is 0 Å². The van der Waals surface area contributed by atoms with Gasteiger partial charge < -0.3 is 5.73 Å². The van der Waals surface area contributed by atoms with Crippen molar-refractivity contribution in [1.29, 1.82) is 5.26 Å². The molecule has 0 unspecified atom stereocenters. The van der Waals surface area contributed by atoms with E-state index in [1.165, 1.54) is 6.07 Å². The van der Waals surface area contributed by atoms with Crippen LogP contribution in [-0.4, -0.2) is 13.4 Å². The molecule has 0 atom stereocenters. The third-order valence-electron chi connectivity index (χ3n) is 1.63. The zero-order chi connectivity index (χ0) is 12.5. The summed E-state index contributed by atoms with van der Waals surface area (Å²) in [6, 6.07) is 2.17. The Hall–Kier alpha value is -1.46. The summed E-state index contributed by atoms with van der Waals surface area (Å²) >= 11 is 0. The van der Waals surface area contributed by atoms with Crippen LogP contribution in [0.3, 0.4) is 0 Å². The van der Waals surface area contributed by atoms with Crippen LogP contribution in [0.25, 0.3) is 0 Å². The second kappa shape index (κ2) is 4.19. The third kappa shape index (κ3) is 2.37. The fourth-order valence-electron chi connectivity index (χ4n) is 0.967. The molecule has 0 spiro atoms. The molecule has 0 saturated carbocycles. The van der Waals surface area contributed by atoms with Crippen molar-refractivity contribution in [1.82, 2.24) is 4.98 Å². The lowest BCUT2D eigenvalue weighted by atomic mass is 10.2. The number of anilines is 1. The van der Waals surface area contributed by atoms with Gasteiger partial charge in [-0.05, 0) is 6.07 Å². The number of rotatable bonds is 2. The van der Waals surface area contributed by atoms with Crippen LogP contribution in [0.1, 0.15) is 17.6 Å². The number of nitrogens with two attached hydrogens (primary N) is 1. The SMILES string of the molecule is N#Cc1cc(C(F)F)c(S(=O)(=O)Cl)nc1N. The molecule has 1 aromatic rings. The highest BCUT2D eigenvalue weighted by molar-refractivity contribution is 8.13. The van der Waals surface area contributed by atoms with Gasteiger partial charge in [0.1, 0.15) is 11.9 Å². The van der Waals surface area contributed by atoms with Crippen LogP contribution in [0.5, 0.6) is 0 Å². The van der Waals surface area contributed by atoms with E-state index in [2.05, 4.69) is 4.98 Å². The van der Waals surface area contributed by atoms with Gasteiger partial charge in [-0.15, -0.1) is 0 Å². The lowest BCUT2D eigenvalue weighted by Crippen LogP contribution is -2.07. The first-order valence-electron chi connectivity index (χ1n) is 3.70. The molecule has 0 saturated heterocycles. The highest BCUT2D eigenvalue weighted by atomic mass is 35.7.